The molecule has 3 aromatic rings. The first kappa shape index (κ1) is 15.4. The number of carbonyl (C=O) groups excluding carboxylic acids is 1. The zero-order chi connectivity index (χ0) is 17.1. The molecule has 1 aromatic carbocycles. The van der Waals surface area contributed by atoms with Crippen LogP contribution in [0.4, 0.5) is 5.69 Å². The molecule has 6 nitrogen and oxygen atoms in total. The van der Waals surface area contributed by atoms with E-state index < -0.39 is 0 Å². The minimum atomic E-state index is -0.284. The number of nitrogens with one attached hydrogen (secondary N) is 2. The molecule has 0 unspecified atom stereocenters. The van der Waals surface area contributed by atoms with E-state index in [4.69, 9.17) is 5.26 Å². The van der Waals surface area contributed by atoms with Crippen LogP contribution < -0.4 is 5.32 Å². The Balaban J connectivity index is 1.76. The van der Waals surface area contributed by atoms with E-state index in [0.717, 1.165) is 22.2 Å². The number of H-pyrrole nitrogens is 1. The Kier molecular flexibility index (Phi) is 4.08. The van der Waals surface area contributed by atoms with Crippen LogP contribution in [0.2, 0.25) is 0 Å². The molecule has 0 atom stereocenters. The molecule has 118 valence electrons. The standard InChI is InChI=1S/C18H15N5O/c1-11-15-5-3-13(7-17(15)23-22-11)4-6-18(24)21-16-8-14(9-19)10-20-12(16)2/h3-8,10H,1-2H3,(H,21,24)(H,22,23)/b6-4+. The van der Waals surface area contributed by atoms with Gasteiger partial charge in [0.15, 0.2) is 0 Å². The van der Waals surface area contributed by atoms with Gasteiger partial charge in [-0.2, -0.15) is 10.4 Å². The van der Waals surface area contributed by atoms with Gasteiger partial charge in [0.1, 0.15) is 6.07 Å². The van der Waals surface area contributed by atoms with Crippen molar-refractivity contribution in [2.24, 2.45) is 0 Å². The Morgan fingerprint density at radius 2 is 2.17 bits per heavy atom. The Morgan fingerprint density at radius 3 is 2.96 bits per heavy atom. The number of aromatic amines is 1. The number of rotatable bonds is 3. The van der Waals surface area contributed by atoms with Gasteiger partial charge in [-0.3, -0.25) is 14.9 Å². The molecular weight excluding hydrogens is 302 g/mol. The van der Waals surface area contributed by atoms with Crippen LogP contribution in [0.5, 0.6) is 0 Å². The number of hydrogen-bond acceptors (Lipinski definition) is 4. The fourth-order valence-corrected chi connectivity index (χ4v) is 2.33. The zero-order valence-corrected chi connectivity index (χ0v) is 13.3. The molecule has 0 saturated carbocycles. The van der Waals surface area contributed by atoms with Crippen molar-refractivity contribution in [1.82, 2.24) is 15.2 Å². The second-order valence-corrected chi connectivity index (χ2v) is 5.42. The molecule has 3 rings (SSSR count). The van der Waals surface area contributed by atoms with Crippen molar-refractivity contribution in [3.63, 3.8) is 0 Å². The van der Waals surface area contributed by atoms with Gasteiger partial charge in [0.25, 0.3) is 0 Å². The molecule has 0 aliphatic heterocycles. The maximum atomic E-state index is 12.1. The van der Waals surface area contributed by atoms with Crippen LogP contribution in [0.1, 0.15) is 22.5 Å². The topological polar surface area (TPSA) is 94.5 Å². The lowest BCUT2D eigenvalue weighted by molar-refractivity contribution is -0.111. The van der Waals surface area contributed by atoms with E-state index >= 15 is 0 Å². The molecule has 0 aliphatic rings. The number of nitriles is 1. The molecule has 6 heteroatoms. The normalized spacial score (nSPS) is 10.9. The van der Waals surface area contributed by atoms with Gasteiger partial charge in [0, 0.05) is 23.4 Å². The summed E-state index contributed by atoms with van der Waals surface area (Å²) >= 11 is 0. The third kappa shape index (κ3) is 3.15. The highest BCUT2D eigenvalue weighted by Crippen LogP contribution is 2.18. The first-order chi connectivity index (χ1) is 11.6. The van der Waals surface area contributed by atoms with Crippen LogP contribution in [0.15, 0.2) is 36.5 Å². The average molecular weight is 317 g/mol. The number of benzene rings is 1. The second kappa shape index (κ2) is 6.34. The summed E-state index contributed by atoms with van der Waals surface area (Å²) in [6, 6.07) is 9.41. The predicted octanol–water partition coefficient (Wildman–Crippen LogP) is 3.10. The first-order valence-electron chi connectivity index (χ1n) is 7.37. The second-order valence-electron chi connectivity index (χ2n) is 5.42. The number of hydrogen-bond donors (Lipinski definition) is 2. The van der Waals surface area contributed by atoms with Crippen LogP contribution >= 0.6 is 0 Å². The Bertz CT molecular complexity index is 994. The van der Waals surface area contributed by atoms with E-state index in [1.807, 2.05) is 31.2 Å². The Hall–Kier alpha value is -3.46. The highest BCUT2D eigenvalue weighted by Gasteiger charge is 2.05. The lowest BCUT2D eigenvalue weighted by Crippen LogP contribution is -2.09. The molecule has 24 heavy (non-hydrogen) atoms. The van der Waals surface area contributed by atoms with Crippen LogP contribution in [0.25, 0.3) is 17.0 Å². The van der Waals surface area contributed by atoms with Gasteiger partial charge in [0.2, 0.25) is 5.91 Å². The molecule has 1 amide bonds. The molecule has 2 heterocycles. The van der Waals surface area contributed by atoms with Crippen LogP contribution in [-0.4, -0.2) is 21.1 Å². The maximum absolute atomic E-state index is 12.1. The summed E-state index contributed by atoms with van der Waals surface area (Å²) in [6.07, 6.45) is 4.64. The summed E-state index contributed by atoms with van der Waals surface area (Å²) in [4.78, 5) is 16.2. The fourth-order valence-electron chi connectivity index (χ4n) is 2.33. The summed E-state index contributed by atoms with van der Waals surface area (Å²) in [5, 5.41) is 19.8. The fraction of sp³-hybridized carbons (Fsp3) is 0.111. The van der Waals surface area contributed by atoms with Gasteiger partial charge in [-0.05, 0) is 37.6 Å². The van der Waals surface area contributed by atoms with Gasteiger partial charge >= 0.3 is 0 Å². The van der Waals surface area contributed by atoms with Crippen molar-refractivity contribution < 1.29 is 4.79 Å². The van der Waals surface area contributed by atoms with Crippen molar-refractivity contribution in [2.45, 2.75) is 13.8 Å². The number of nitrogens with zero attached hydrogens (tertiary/aromatic N) is 3. The van der Waals surface area contributed by atoms with Crippen molar-refractivity contribution >= 4 is 28.6 Å². The number of aryl methyl sites for hydroxylation is 2. The molecule has 0 fully saturated rings. The average Bonchev–Trinajstić information content (AvgIpc) is 2.95. The van der Waals surface area contributed by atoms with Crippen LogP contribution in [-0.2, 0) is 4.79 Å². The first-order valence-corrected chi connectivity index (χ1v) is 7.37. The maximum Gasteiger partial charge on any atom is 0.248 e. The smallest absolute Gasteiger partial charge is 0.248 e. The van der Waals surface area contributed by atoms with Crippen molar-refractivity contribution in [2.75, 3.05) is 5.32 Å². The lowest BCUT2D eigenvalue weighted by atomic mass is 10.1. The molecule has 0 aliphatic carbocycles. The Labute approximate surface area is 138 Å². The Morgan fingerprint density at radius 1 is 1.33 bits per heavy atom. The van der Waals surface area contributed by atoms with Gasteiger partial charge in [0.05, 0.1) is 22.5 Å². The van der Waals surface area contributed by atoms with Crippen molar-refractivity contribution in [3.8, 4) is 6.07 Å². The lowest BCUT2D eigenvalue weighted by Gasteiger charge is -2.05. The van der Waals surface area contributed by atoms with Gasteiger partial charge in [-0.15, -0.1) is 0 Å². The largest absolute Gasteiger partial charge is 0.321 e. The number of amides is 1. The van der Waals surface area contributed by atoms with Crippen LogP contribution in [0, 0.1) is 25.2 Å². The zero-order valence-electron chi connectivity index (χ0n) is 13.3. The minimum Gasteiger partial charge on any atom is -0.321 e. The van der Waals surface area contributed by atoms with Crippen LogP contribution in [0.3, 0.4) is 0 Å². The molecule has 2 aromatic heterocycles. The number of pyridine rings is 1. The van der Waals surface area contributed by atoms with E-state index in [-0.39, 0.29) is 5.91 Å². The number of anilines is 1. The molecule has 0 saturated heterocycles. The summed E-state index contributed by atoms with van der Waals surface area (Å²) < 4.78 is 0. The van der Waals surface area contributed by atoms with Gasteiger partial charge in [-0.25, -0.2) is 0 Å². The number of carbonyl (C=O) groups is 1. The molecule has 0 spiro atoms. The summed E-state index contributed by atoms with van der Waals surface area (Å²) in [5.74, 6) is -0.284. The molecular formula is C18H15N5O. The van der Waals surface area contributed by atoms with E-state index in [2.05, 4.69) is 20.5 Å². The quantitative estimate of drug-likeness (QED) is 0.726. The molecule has 2 N–H and O–H groups in total. The summed E-state index contributed by atoms with van der Waals surface area (Å²) in [7, 11) is 0. The predicted molar refractivity (Wildman–Crippen MR) is 92.2 cm³/mol. The van der Waals surface area contributed by atoms with Crippen molar-refractivity contribution in [1.29, 1.82) is 5.26 Å². The SMILES string of the molecule is Cc1ncc(C#N)cc1NC(=O)/C=C/c1ccc2c(C)[nH]nc2c1. The molecule has 0 bridgehead atoms. The van der Waals surface area contributed by atoms with Crippen molar-refractivity contribution in [3.05, 3.63) is 59.1 Å². The summed E-state index contributed by atoms with van der Waals surface area (Å²) in [6.45, 7) is 3.73. The third-order valence-electron chi connectivity index (χ3n) is 3.67. The number of aromatic nitrogens is 3. The van der Waals surface area contributed by atoms with E-state index in [9.17, 15) is 4.79 Å². The minimum absolute atomic E-state index is 0.284. The van der Waals surface area contributed by atoms with E-state index in [1.54, 1.807) is 19.1 Å². The summed E-state index contributed by atoms with van der Waals surface area (Å²) in [5.41, 5.74) is 4.34. The molecule has 0 radical (unpaired) electrons. The van der Waals surface area contributed by atoms with Gasteiger partial charge < -0.3 is 5.32 Å². The van der Waals surface area contributed by atoms with E-state index in [0.29, 0.717) is 16.9 Å². The highest BCUT2D eigenvalue weighted by molar-refractivity contribution is 6.02. The monoisotopic (exact) mass is 317 g/mol. The van der Waals surface area contributed by atoms with Gasteiger partial charge in [-0.1, -0.05) is 12.1 Å². The number of fused-ring (bicyclic) bond motifs is 1. The van der Waals surface area contributed by atoms with E-state index in [1.165, 1.54) is 12.3 Å². The third-order valence-corrected chi connectivity index (χ3v) is 3.67. The highest BCUT2D eigenvalue weighted by atomic mass is 16.1.